The van der Waals surface area contributed by atoms with Gasteiger partial charge in [-0.2, -0.15) is 0 Å². The lowest BCUT2D eigenvalue weighted by molar-refractivity contribution is 0.133. The van der Waals surface area contributed by atoms with E-state index in [1.54, 1.807) is 6.07 Å². The molecule has 2 rings (SSSR count). The van der Waals surface area contributed by atoms with E-state index in [2.05, 4.69) is 5.32 Å². The van der Waals surface area contributed by atoms with E-state index in [1.165, 1.54) is 6.07 Å². The van der Waals surface area contributed by atoms with Crippen molar-refractivity contribution in [1.29, 1.82) is 0 Å². The van der Waals surface area contributed by atoms with Crippen molar-refractivity contribution in [2.45, 2.75) is 26.6 Å². The first-order chi connectivity index (χ1) is 10.2. The number of halogens is 2. The van der Waals surface area contributed by atoms with Crippen molar-refractivity contribution in [3.05, 3.63) is 70.8 Å². The first-order valence-corrected chi connectivity index (χ1v) is 7.00. The lowest BCUT2D eigenvalue weighted by atomic mass is 10.1. The molecular formula is C17H19F2NO. The molecule has 2 aromatic carbocycles. The Labute approximate surface area is 123 Å². The first kappa shape index (κ1) is 15.6. The minimum atomic E-state index is -0.819. The van der Waals surface area contributed by atoms with Gasteiger partial charge in [0.2, 0.25) is 0 Å². The third kappa shape index (κ3) is 4.62. The molecule has 0 saturated carbocycles. The number of ether oxygens (including phenoxy) is 1. The topological polar surface area (TPSA) is 21.3 Å². The van der Waals surface area contributed by atoms with Gasteiger partial charge >= 0.3 is 0 Å². The lowest BCUT2D eigenvalue weighted by Crippen LogP contribution is -2.14. The van der Waals surface area contributed by atoms with Crippen molar-refractivity contribution in [2.24, 2.45) is 0 Å². The van der Waals surface area contributed by atoms with Crippen molar-refractivity contribution in [2.75, 3.05) is 6.61 Å². The van der Waals surface area contributed by atoms with Crippen LogP contribution < -0.4 is 5.32 Å². The minimum Gasteiger partial charge on any atom is -0.377 e. The number of benzene rings is 2. The molecule has 0 aliphatic carbocycles. The smallest absolute Gasteiger partial charge is 0.159 e. The molecule has 0 atom stereocenters. The van der Waals surface area contributed by atoms with Crippen LogP contribution in [-0.4, -0.2) is 6.61 Å². The normalized spacial score (nSPS) is 10.8. The Balaban J connectivity index is 1.92. The molecule has 0 unspecified atom stereocenters. The van der Waals surface area contributed by atoms with Gasteiger partial charge in [-0.15, -0.1) is 0 Å². The van der Waals surface area contributed by atoms with E-state index in [9.17, 15) is 8.78 Å². The van der Waals surface area contributed by atoms with Crippen LogP contribution in [0.5, 0.6) is 0 Å². The summed E-state index contributed by atoms with van der Waals surface area (Å²) in [6.07, 6.45) is 0. The Bertz CT molecular complexity index is 587. The van der Waals surface area contributed by atoms with Crippen molar-refractivity contribution in [3.63, 3.8) is 0 Å². The van der Waals surface area contributed by atoms with E-state index in [4.69, 9.17) is 4.74 Å². The van der Waals surface area contributed by atoms with Crippen LogP contribution in [-0.2, 0) is 24.4 Å². The number of nitrogens with one attached hydrogen (secondary N) is 1. The van der Waals surface area contributed by atoms with Gasteiger partial charge in [0.25, 0.3) is 0 Å². The summed E-state index contributed by atoms with van der Waals surface area (Å²) in [5.74, 6) is -1.63. The molecule has 2 nitrogen and oxygen atoms in total. The largest absolute Gasteiger partial charge is 0.377 e. The van der Waals surface area contributed by atoms with Gasteiger partial charge in [-0.3, -0.25) is 0 Å². The van der Waals surface area contributed by atoms with Gasteiger partial charge in [-0.05, 0) is 35.7 Å². The Morgan fingerprint density at radius 1 is 0.952 bits per heavy atom. The van der Waals surface area contributed by atoms with Gasteiger partial charge in [-0.25, -0.2) is 8.78 Å². The van der Waals surface area contributed by atoms with Crippen LogP contribution in [0.2, 0.25) is 0 Å². The molecule has 0 heterocycles. The summed E-state index contributed by atoms with van der Waals surface area (Å²) >= 11 is 0. The number of hydrogen-bond acceptors (Lipinski definition) is 2. The second-order valence-electron chi connectivity index (χ2n) is 4.76. The molecule has 0 saturated heterocycles. The monoisotopic (exact) mass is 291 g/mol. The SMILES string of the molecule is CCOCc1ccccc1CNCc1ccc(F)c(F)c1. The maximum atomic E-state index is 13.1. The summed E-state index contributed by atoms with van der Waals surface area (Å²) in [6, 6.07) is 12.0. The second kappa shape index (κ2) is 7.86. The molecule has 0 spiro atoms. The molecule has 0 amide bonds. The van der Waals surface area contributed by atoms with Crippen LogP contribution in [0.15, 0.2) is 42.5 Å². The van der Waals surface area contributed by atoms with Gasteiger partial charge < -0.3 is 10.1 Å². The molecular weight excluding hydrogens is 272 g/mol. The molecule has 21 heavy (non-hydrogen) atoms. The van der Waals surface area contributed by atoms with Crippen molar-refractivity contribution in [1.82, 2.24) is 5.32 Å². The van der Waals surface area contributed by atoms with Gasteiger partial charge in [0, 0.05) is 19.7 Å². The van der Waals surface area contributed by atoms with Crippen LogP contribution in [0.3, 0.4) is 0 Å². The summed E-state index contributed by atoms with van der Waals surface area (Å²) in [6.45, 7) is 4.36. The number of rotatable bonds is 7. The van der Waals surface area contributed by atoms with Crippen LogP contribution in [0.4, 0.5) is 8.78 Å². The molecule has 4 heteroatoms. The Morgan fingerprint density at radius 3 is 2.43 bits per heavy atom. The van der Waals surface area contributed by atoms with Crippen molar-refractivity contribution in [3.8, 4) is 0 Å². The summed E-state index contributed by atoms with van der Waals surface area (Å²) in [5, 5.41) is 3.24. The predicted molar refractivity (Wildman–Crippen MR) is 78.7 cm³/mol. The maximum absolute atomic E-state index is 13.1. The van der Waals surface area contributed by atoms with E-state index in [0.717, 1.165) is 22.8 Å². The zero-order valence-electron chi connectivity index (χ0n) is 12.0. The van der Waals surface area contributed by atoms with Crippen LogP contribution in [0.1, 0.15) is 23.6 Å². The lowest BCUT2D eigenvalue weighted by Gasteiger charge is -2.11. The standard InChI is InChI=1S/C17H19F2NO/c1-2-21-12-15-6-4-3-5-14(15)11-20-10-13-7-8-16(18)17(19)9-13/h3-9,20H,2,10-12H2,1H3. The van der Waals surface area contributed by atoms with E-state index in [0.29, 0.717) is 26.3 Å². The van der Waals surface area contributed by atoms with Gasteiger partial charge in [0.1, 0.15) is 0 Å². The highest BCUT2D eigenvalue weighted by Crippen LogP contribution is 2.11. The van der Waals surface area contributed by atoms with E-state index in [1.807, 2.05) is 31.2 Å². The predicted octanol–water partition coefficient (Wildman–Crippen LogP) is 3.79. The van der Waals surface area contributed by atoms with Crippen molar-refractivity contribution >= 4 is 0 Å². The average molecular weight is 291 g/mol. The van der Waals surface area contributed by atoms with E-state index < -0.39 is 11.6 Å². The molecule has 0 aliphatic heterocycles. The summed E-state index contributed by atoms with van der Waals surface area (Å²) in [7, 11) is 0. The molecule has 0 aromatic heterocycles. The fraction of sp³-hybridized carbons (Fsp3) is 0.294. The zero-order chi connectivity index (χ0) is 15.1. The fourth-order valence-electron chi connectivity index (χ4n) is 2.07. The Hall–Kier alpha value is -1.78. The zero-order valence-corrected chi connectivity index (χ0v) is 12.0. The van der Waals surface area contributed by atoms with E-state index in [-0.39, 0.29) is 0 Å². The summed E-state index contributed by atoms with van der Waals surface area (Å²) in [4.78, 5) is 0. The van der Waals surface area contributed by atoms with E-state index >= 15 is 0 Å². The molecule has 2 aromatic rings. The number of hydrogen-bond donors (Lipinski definition) is 1. The quantitative estimate of drug-likeness (QED) is 0.838. The minimum absolute atomic E-state index is 0.486. The first-order valence-electron chi connectivity index (χ1n) is 7.00. The highest BCUT2D eigenvalue weighted by Gasteiger charge is 2.04. The molecule has 0 fully saturated rings. The highest BCUT2D eigenvalue weighted by molar-refractivity contribution is 5.26. The summed E-state index contributed by atoms with van der Waals surface area (Å²) < 4.78 is 31.4. The molecule has 0 bridgehead atoms. The molecule has 1 N–H and O–H groups in total. The van der Waals surface area contributed by atoms with Crippen LogP contribution in [0.25, 0.3) is 0 Å². The van der Waals surface area contributed by atoms with Crippen LogP contribution in [0, 0.1) is 11.6 Å². The average Bonchev–Trinajstić information content (AvgIpc) is 2.50. The maximum Gasteiger partial charge on any atom is 0.159 e. The Kier molecular flexibility index (Phi) is 5.84. The van der Waals surface area contributed by atoms with Gasteiger partial charge in [-0.1, -0.05) is 30.3 Å². The third-order valence-electron chi connectivity index (χ3n) is 3.21. The highest BCUT2D eigenvalue weighted by atomic mass is 19.2. The second-order valence-corrected chi connectivity index (χ2v) is 4.76. The molecule has 0 aliphatic rings. The molecule has 112 valence electrons. The van der Waals surface area contributed by atoms with Gasteiger partial charge in [0.05, 0.1) is 6.61 Å². The van der Waals surface area contributed by atoms with Crippen molar-refractivity contribution < 1.29 is 13.5 Å². The third-order valence-corrected chi connectivity index (χ3v) is 3.21. The fourth-order valence-corrected chi connectivity index (χ4v) is 2.07. The summed E-state index contributed by atoms with van der Waals surface area (Å²) in [5.41, 5.74) is 3.00. The molecule has 0 radical (unpaired) electrons. The van der Waals surface area contributed by atoms with Gasteiger partial charge in [0.15, 0.2) is 11.6 Å². The Morgan fingerprint density at radius 2 is 1.71 bits per heavy atom. The van der Waals surface area contributed by atoms with Crippen LogP contribution >= 0.6 is 0 Å².